The highest BCUT2D eigenvalue weighted by atomic mass is 127. The minimum atomic E-state index is 0.647. The van der Waals surface area contributed by atoms with Crippen molar-refractivity contribution < 1.29 is 0 Å². The van der Waals surface area contributed by atoms with Gasteiger partial charge in [0.1, 0.15) is 0 Å². The minimum Gasteiger partial charge on any atom is -0.0771 e. The van der Waals surface area contributed by atoms with Crippen LogP contribution in [0.2, 0.25) is 0 Å². The van der Waals surface area contributed by atoms with Gasteiger partial charge in [0.2, 0.25) is 0 Å². The molecule has 2 aromatic carbocycles. The number of rotatable bonds is 0. The standard InChI is InChI=1S/C20H21I/c21-20-17-11-5-1-7-14(17)8-2-6-12-18-16-10-4-3-9-15(16)13-19(18)20/h1,3-5,7,9-11,18-20H,2,6,8,12-13H2/t18?,19?,20-/m1/s1. The normalized spacial score (nSPS) is 27.8. The molecular weight excluding hydrogens is 367 g/mol. The van der Waals surface area contributed by atoms with Crippen molar-refractivity contribution in [3.63, 3.8) is 0 Å². The van der Waals surface area contributed by atoms with Crippen molar-refractivity contribution in [2.45, 2.75) is 41.9 Å². The molecule has 0 fully saturated rings. The van der Waals surface area contributed by atoms with Gasteiger partial charge in [0.25, 0.3) is 0 Å². The van der Waals surface area contributed by atoms with Gasteiger partial charge >= 0.3 is 0 Å². The molecule has 0 saturated heterocycles. The Morgan fingerprint density at radius 3 is 2.38 bits per heavy atom. The summed E-state index contributed by atoms with van der Waals surface area (Å²) in [6, 6.07) is 18.3. The maximum atomic E-state index is 2.72. The molecule has 1 heteroatoms. The Morgan fingerprint density at radius 1 is 0.810 bits per heavy atom. The van der Waals surface area contributed by atoms with Crippen LogP contribution in [0.5, 0.6) is 0 Å². The predicted octanol–water partition coefficient (Wildman–Crippen LogP) is 5.85. The van der Waals surface area contributed by atoms with Crippen LogP contribution in [0, 0.1) is 5.92 Å². The molecule has 0 saturated carbocycles. The summed E-state index contributed by atoms with van der Waals surface area (Å²) < 4.78 is 0.647. The molecule has 0 aromatic heterocycles. The monoisotopic (exact) mass is 388 g/mol. The predicted molar refractivity (Wildman–Crippen MR) is 97.1 cm³/mol. The Labute approximate surface area is 141 Å². The molecule has 2 aliphatic rings. The average molecular weight is 388 g/mol. The zero-order valence-electron chi connectivity index (χ0n) is 12.3. The Balaban J connectivity index is 1.77. The van der Waals surface area contributed by atoms with Crippen LogP contribution in [0.25, 0.3) is 0 Å². The minimum absolute atomic E-state index is 0.647. The third kappa shape index (κ3) is 2.44. The molecule has 0 heterocycles. The van der Waals surface area contributed by atoms with Crippen LogP contribution in [0.4, 0.5) is 0 Å². The van der Waals surface area contributed by atoms with E-state index in [0.29, 0.717) is 3.92 Å². The van der Waals surface area contributed by atoms with E-state index in [9.17, 15) is 0 Å². The highest BCUT2D eigenvalue weighted by molar-refractivity contribution is 14.1. The molecule has 108 valence electrons. The molecule has 0 radical (unpaired) electrons. The van der Waals surface area contributed by atoms with Gasteiger partial charge in [0.15, 0.2) is 0 Å². The Morgan fingerprint density at radius 2 is 1.52 bits per heavy atom. The van der Waals surface area contributed by atoms with Gasteiger partial charge in [0.05, 0.1) is 0 Å². The van der Waals surface area contributed by atoms with E-state index < -0.39 is 0 Å². The molecule has 2 aromatic rings. The second-order valence-electron chi connectivity index (χ2n) is 6.52. The number of halogens is 1. The fourth-order valence-corrected chi connectivity index (χ4v) is 5.69. The highest BCUT2D eigenvalue weighted by Crippen LogP contribution is 2.51. The fourth-order valence-electron chi connectivity index (χ4n) is 4.33. The molecule has 0 amide bonds. The van der Waals surface area contributed by atoms with Crippen LogP contribution in [0.15, 0.2) is 48.5 Å². The van der Waals surface area contributed by atoms with Crippen molar-refractivity contribution in [3.05, 3.63) is 70.8 Å². The zero-order chi connectivity index (χ0) is 14.2. The van der Waals surface area contributed by atoms with E-state index in [1.54, 1.807) is 22.3 Å². The summed E-state index contributed by atoms with van der Waals surface area (Å²) in [7, 11) is 0. The van der Waals surface area contributed by atoms with Gasteiger partial charge in [-0.1, -0.05) is 77.5 Å². The lowest BCUT2D eigenvalue weighted by molar-refractivity contribution is 0.426. The van der Waals surface area contributed by atoms with E-state index in [1.807, 2.05) is 0 Å². The summed E-state index contributed by atoms with van der Waals surface area (Å²) in [5.41, 5.74) is 6.44. The Kier molecular flexibility index (Phi) is 3.78. The van der Waals surface area contributed by atoms with E-state index in [-0.39, 0.29) is 0 Å². The van der Waals surface area contributed by atoms with Crippen molar-refractivity contribution in [2.24, 2.45) is 5.92 Å². The van der Waals surface area contributed by atoms with Gasteiger partial charge in [-0.25, -0.2) is 0 Å². The van der Waals surface area contributed by atoms with E-state index in [0.717, 1.165) is 11.8 Å². The Hall–Kier alpha value is -0.830. The molecule has 0 N–H and O–H groups in total. The summed E-state index contributed by atoms with van der Waals surface area (Å²) in [4.78, 5) is 0. The lowest BCUT2D eigenvalue weighted by Gasteiger charge is -2.26. The van der Waals surface area contributed by atoms with Crippen LogP contribution < -0.4 is 0 Å². The first-order valence-electron chi connectivity index (χ1n) is 8.14. The van der Waals surface area contributed by atoms with Gasteiger partial charge in [-0.05, 0) is 59.8 Å². The third-order valence-corrected chi connectivity index (χ3v) is 6.96. The van der Waals surface area contributed by atoms with Crippen LogP contribution >= 0.6 is 22.6 Å². The summed E-state index contributed by atoms with van der Waals surface area (Å²) >= 11 is 2.72. The summed E-state index contributed by atoms with van der Waals surface area (Å²) in [6.07, 6.45) is 6.60. The van der Waals surface area contributed by atoms with Gasteiger partial charge in [-0.15, -0.1) is 0 Å². The van der Waals surface area contributed by atoms with Crippen LogP contribution in [-0.4, -0.2) is 0 Å². The second-order valence-corrected chi connectivity index (χ2v) is 7.86. The highest BCUT2D eigenvalue weighted by Gasteiger charge is 2.37. The quantitative estimate of drug-likeness (QED) is 0.393. The van der Waals surface area contributed by atoms with Gasteiger partial charge in [0, 0.05) is 3.92 Å². The molecule has 21 heavy (non-hydrogen) atoms. The average Bonchev–Trinajstić information content (AvgIpc) is 2.91. The first kappa shape index (κ1) is 13.8. The van der Waals surface area contributed by atoms with E-state index in [2.05, 4.69) is 71.1 Å². The number of alkyl halides is 1. The first-order valence-corrected chi connectivity index (χ1v) is 9.39. The van der Waals surface area contributed by atoms with Gasteiger partial charge < -0.3 is 0 Å². The fraction of sp³-hybridized carbons (Fsp3) is 0.400. The van der Waals surface area contributed by atoms with Gasteiger partial charge in [-0.2, -0.15) is 0 Å². The topological polar surface area (TPSA) is 0 Å². The van der Waals surface area contributed by atoms with E-state index in [4.69, 9.17) is 0 Å². The molecule has 2 aliphatic carbocycles. The number of aryl methyl sites for hydroxylation is 1. The molecule has 2 unspecified atom stereocenters. The lowest BCUT2D eigenvalue weighted by Crippen LogP contribution is -2.14. The second kappa shape index (κ2) is 5.75. The van der Waals surface area contributed by atoms with E-state index >= 15 is 0 Å². The molecule has 0 bridgehead atoms. The zero-order valence-corrected chi connectivity index (χ0v) is 14.4. The van der Waals surface area contributed by atoms with Crippen LogP contribution in [0.1, 0.15) is 51.4 Å². The number of fused-ring (bicyclic) bond motifs is 4. The summed E-state index contributed by atoms with van der Waals surface area (Å²) in [6.45, 7) is 0. The SMILES string of the molecule is I[C@@H]1c2ccccc2CCCCC2c3ccccc3CC21. The maximum Gasteiger partial charge on any atom is 0.0399 e. The molecular formula is C20H21I. The van der Waals surface area contributed by atoms with Crippen molar-refractivity contribution in [1.82, 2.24) is 0 Å². The summed E-state index contributed by atoms with van der Waals surface area (Å²) in [5.74, 6) is 1.55. The van der Waals surface area contributed by atoms with E-state index in [1.165, 1.54) is 32.1 Å². The molecule has 0 nitrogen and oxygen atoms in total. The van der Waals surface area contributed by atoms with Crippen LogP contribution in [0.3, 0.4) is 0 Å². The molecule has 0 aliphatic heterocycles. The number of benzene rings is 2. The maximum absolute atomic E-state index is 2.72. The smallest absolute Gasteiger partial charge is 0.0399 e. The Bertz CT molecular complexity index is 646. The third-order valence-electron chi connectivity index (χ3n) is 5.37. The summed E-state index contributed by atoms with van der Waals surface area (Å²) in [5, 5.41) is 0. The van der Waals surface area contributed by atoms with Crippen molar-refractivity contribution >= 4 is 22.6 Å². The number of hydrogen-bond donors (Lipinski definition) is 0. The van der Waals surface area contributed by atoms with Crippen LogP contribution in [-0.2, 0) is 12.8 Å². The number of hydrogen-bond acceptors (Lipinski definition) is 0. The molecule has 4 rings (SSSR count). The molecule has 3 atom stereocenters. The van der Waals surface area contributed by atoms with Crippen molar-refractivity contribution in [1.29, 1.82) is 0 Å². The van der Waals surface area contributed by atoms with Crippen molar-refractivity contribution in [2.75, 3.05) is 0 Å². The lowest BCUT2D eigenvalue weighted by atomic mass is 9.84. The molecule has 0 spiro atoms. The largest absolute Gasteiger partial charge is 0.0771 e. The van der Waals surface area contributed by atoms with Gasteiger partial charge in [-0.3, -0.25) is 0 Å². The van der Waals surface area contributed by atoms with Crippen molar-refractivity contribution in [3.8, 4) is 0 Å². The first-order chi connectivity index (χ1) is 10.3.